The van der Waals surface area contributed by atoms with Crippen LogP contribution < -0.4 is 0 Å². The lowest BCUT2D eigenvalue weighted by Gasteiger charge is -2.35. The van der Waals surface area contributed by atoms with Crippen LogP contribution in [0.25, 0.3) is 0 Å². The van der Waals surface area contributed by atoms with Gasteiger partial charge in [0.15, 0.2) is 0 Å². The van der Waals surface area contributed by atoms with Crippen LogP contribution in [-0.4, -0.2) is 39.0 Å². The number of carboxylic acids is 1. The predicted molar refractivity (Wildman–Crippen MR) is 71.7 cm³/mol. The van der Waals surface area contributed by atoms with Crippen LogP contribution in [0.3, 0.4) is 0 Å². The second-order valence-corrected chi connectivity index (χ2v) is 5.39. The van der Waals surface area contributed by atoms with Crippen LogP contribution in [0.1, 0.15) is 32.8 Å². The summed E-state index contributed by atoms with van der Waals surface area (Å²) in [4.78, 5) is 28.5. The summed E-state index contributed by atoms with van der Waals surface area (Å²) in [5, 5.41) is 8.75. The number of hydrogen-bond donors (Lipinski definition) is 1. The van der Waals surface area contributed by atoms with Gasteiger partial charge in [0.2, 0.25) is 5.91 Å². The summed E-state index contributed by atoms with van der Waals surface area (Å²) in [5.41, 5.74) is 0.490. The topological polar surface area (TPSA) is 70.5 Å². The molecular weight excluding hydrogens is 244 g/mol. The predicted octanol–water partition coefficient (Wildman–Crippen LogP) is 1.73. The van der Waals surface area contributed by atoms with Crippen LogP contribution >= 0.6 is 0 Å². The van der Waals surface area contributed by atoms with Crippen LogP contribution in [0.5, 0.6) is 0 Å². The molecule has 19 heavy (non-hydrogen) atoms. The summed E-state index contributed by atoms with van der Waals surface area (Å²) in [7, 11) is 0. The van der Waals surface area contributed by atoms with Gasteiger partial charge >= 0.3 is 5.97 Å². The Labute approximate surface area is 113 Å². The number of pyridine rings is 1. The Morgan fingerprint density at radius 1 is 1.26 bits per heavy atom. The zero-order valence-corrected chi connectivity index (χ0v) is 11.6. The molecule has 1 N–H and O–H groups in total. The van der Waals surface area contributed by atoms with E-state index in [1.165, 1.54) is 0 Å². The number of carbonyl (C=O) groups is 2. The minimum atomic E-state index is -0.897. The van der Waals surface area contributed by atoms with Gasteiger partial charge in [0.05, 0.1) is 12.8 Å². The molecule has 1 heterocycles. The fraction of sp³-hybridized carbons (Fsp3) is 0.500. The molecule has 0 aliphatic rings. The summed E-state index contributed by atoms with van der Waals surface area (Å²) in [6.45, 7) is 5.93. The smallest absolute Gasteiger partial charge is 0.305 e. The number of rotatable bonds is 5. The van der Waals surface area contributed by atoms with Crippen molar-refractivity contribution in [2.45, 2.75) is 39.2 Å². The van der Waals surface area contributed by atoms with Crippen molar-refractivity contribution in [3.63, 3.8) is 0 Å². The zero-order valence-electron chi connectivity index (χ0n) is 11.6. The van der Waals surface area contributed by atoms with E-state index in [0.717, 1.165) is 5.56 Å². The van der Waals surface area contributed by atoms with E-state index in [4.69, 9.17) is 5.11 Å². The standard InChI is InChI=1S/C14H20N2O3/c1-14(2,3)16(9-6-13(18)19)12(17)10-11-4-7-15-8-5-11/h4-5,7-8H,6,9-10H2,1-3H3,(H,18,19). The second kappa shape index (κ2) is 6.31. The van der Waals surface area contributed by atoms with E-state index in [1.807, 2.05) is 20.8 Å². The highest BCUT2D eigenvalue weighted by Gasteiger charge is 2.26. The summed E-state index contributed by atoms with van der Waals surface area (Å²) in [6, 6.07) is 3.58. The van der Waals surface area contributed by atoms with Crippen molar-refractivity contribution in [2.24, 2.45) is 0 Å². The minimum absolute atomic E-state index is 0.0423. The number of aliphatic carboxylic acids is 1. The van der Waals surface area contributed by atoms with Crippen molar-refractivity contribution in [1.82, 2.24) is 9.88 Å². The molecule has 1 amide bonds. The molecule has 5 nitrogen and oxygen atoms in total. The maximum Gasteiger partial charge on any atom is 0.305 e. The number of hydrogen-bond acceptors (Lipinski definition) is 3. The monoisotopic (exact) mass is 264 g/mol. The lowest BCUT2D eigenvalue weighted by Crippen LogP contribution is -2.47. The van der Waals surface area contributed by atoms with Gasteiger partial charge in [0.1, 0.15) is 0 Å². The van der Waals surface area contributed by atoms with Gasteiger partial charge in [0.25, 0.3) is 0 Å². The van der Waals surface area contributed by atoms with Crippen molar-refractivity contribution in [2.75, 3.05) is 6.54 Å². The summed E-state index contributed by atoms with van der Waals surface area (Å²) in [6.07, 6.45) is 3.50. The fourth-order valence-electron chi connectivity index (χ4n) is 1.81. The average molecular weight is 264 g/mol. The Morgan fingerprint density at radius 3 is 2.32 bits per heavy atom. The Bertz CT molecular complexity index is 438. The third-order valence-electron chi connectivity index (χ3n) is 2.76. The van der Waals surface area contributed by atoms with Gasteiger partial charge in [-0.2, -0.15) is 0 Å². The summed E-state index contributed by atoms with van der Waals surface area (Å²) < 4.78 is 0. The first-order valence-electron chi connectivity index (χ1n) is 6.22. The Kier molecular flexibility index (Phi) is 5.03. The first kappa shape index (κ1) is 15.1. The van der Waals surface area contributed by atoms with Crippen molar-refractivity contribution < 1.29 is 14.7 Å². The maximum absolute atomic E-state index is 12.3. The van der Waals surface area contributed by atoms with E-state index in [1.54, 1.807) is 29.4 Å². The highest BCUT2D eigenvalue weighted by molar-refractivity contribution is 5.80. The third-order valence-corrected chi connectivity index (χ3v) is 2.76. The number of carboxylic acid groups (broad SMARTS) is 1. The van der Waals surface area contributed by atoms with Crippen molar-refractivity contribution in [1.29, 1.82) is 0 Å². The lowest BCUT2D eigenvalue weighted by molar-refractivity contribution is -0.140. The van der Waals surface area contributed by atoms with E-state index < -0.39 is 5.97 Å². The molecule has 104 valence electrons. The van der Waals surface area contributed by atoms with Crippen molar-refractivity contribution >= 4 is 11.9 Å². The SMILES string of the molecule is CC(C)(C)N(CCC(=O)O)C(=O)Cc1ccncc1. The summed E-state index contributed by atoms with van der Waals surface area (Å²) >= 11 is 0. The first-order chi connectivity index (χ1) is 8.80. The van der Waals surface area contributed by atoms with Gasteiger partial charge in [-0.05, 0) is 38.5 Å². The van der Waals surface area contributed by atoms with E-state index in [9.17, 15) is 9.59 Å². The first-order valence-corrected chi connectivity index (χ1v) is 6.22. The molecule has 0 aliphatic carbocycles. The molecule has 0 aliphatic heterocycles. The Hall–Kier alpha value is -1.91. The quantitative estimate of drug-likeness (QED) is 0.879. The van der Waals surface area contributed by atoms with Crippen LogP contribution in [0.4, 0.5) is 0 Å². The number of carbonyl (C=O) groups excluding carboxylic acids is 1. The van der Waals surface area contributed by atoms with Gasteiger partial charge in [-0.15, -0.1) is 0 Å². The van der Waals surface area contributed by atoms with E-state index >= 15 is 0 Å². The van der Waals surface area contributed by atoms with E-state index in [2.05, 4.69) is 4.98 Å². The van der Waals surface area contributed by atoms with Gasteiger partial charge in [-0.3, -0.25) is 14.6 Å². The molecule has 5 heteroatoms. The number of amides is 1. The highest BCUT2D eigenvalue weighted by Crippen LogP contribution is 2.16. The number of nitrogens with zero attached hydrogens (tertiary/aromatic N) is 2. The maximum atomic E-state index is 12.3. The van der Waals surface area contributed by atoms with E-state index in [-0.39, 0.29) is 30.8 Å². The molecular formula is C14H20N2O3. The molecule has 0 aromatic carbocycles. The second-order valence-electron chi connectivity index (χ2n) is 5.39. The fourth-order valence-corrected chi connectivity index (χ4v) is 1.81. The molecule has 1 rings (SSSR count). The van der Waals surface area contributed by atoms with Crippen LogP contribution in [0.2, 0.25) is 0 Å². The van der Waals surface area contributed by atoms with Gasteiger partial charge in [-0.25, -0.2) is 0 Å². The Balaban J connectivity index is 2.74. The van der Waals surface area contributed by atoms with Crippen LogP contribution in [0.15, 0.2) is 24.5 Å². The molecule has 0 unspecified atom stereocenters. The van der Waals surface area contributed by atoms with Crippen molar-refractivity contribution in [3.8, 4) is 0 Å². The molecule has 0 bridgehead atoms. The minimum Gasteiger partial charge on any atom is -0.481 e. The van der Waals surface area contributed by atoms with Gasteiger partial charge in [-0.1, -0.05) is 0 Å². The lowest BCUT2D eigenvalue weighted by atomic mass is 10.0. The Morgan fingerprint density at radius 2 is 1.84 bits per heavy atom. The molecule has 0 saturated heterocycles. The van der Waals surface area contributed by atoms with Crippen molar-refractivity contribution in [3.05, 3.63) is 30.1 Å². The molecule has 0 spiro atoms. The van der Waals surface area contributed by atoms with Crippen LogP contribution in [-0.2, 0) is 16.0 Å². The molecule has 0 radical (unpaired) electrons. The number of aromatic nitrogens is 1. The van der Waals surface area contributed by atoms with Gasteiger partial charge < -0.3 is 10.0 Å². The van der Waals surface area contributed by atoms with E-state index in [0.29, 0.717) is 0 Å². The molecule has 1 aromatic rings. The average Bonchev–Trinajstić information content (AvgIpc) is 2.28. The molecule has 0 saturated carbocycles. The van der Waals surface area contributed by atoms with Gasteiger partial charge in [0, 0.05) is 24.5 Å². The summed E-state index contributed by atoms with van der Waals surface area (Å²) in [5.74, 6) is -0.967. The zero-order chi connectivity index (χ0) is 14.5. The molecule has 0 atom stereocenters. The van der Waals surface area contributed by atoms with Crippen LogP contribution in [0, 0.1) is 0 Å². The highest BCUT2D eigenvalue weighted by atomic mass is 16.4. The third kappa shape index (κ3) is 5.07. The largest absolute Gasteiger partial charge is 0.481 e. The molecule has 1 aromatic heterocycles. The molecule has 0 fully saturated rings. The normalized spacial score (nSPS) is 11.1.